The van der Waals surface area contributed by atoms with Crippen molar-refractivity contribution in [2.75, 3.05) is 13.1 Å². The number of hydrogen-bond donors (Lipinski definition) is 3. The summed E-state index contributed by atoms with van der Waals surface area (Å²) in [4.78, 5) is 12.5. The maximum Gasteiger partial charge on any atom is 0.228 e. The number of aliphatic hydroxyl groups is 1. The van der Waals surface area contributed by atoms with Gasteiger partial charge in [-0.1, -0.05) is 54.6 Å². The van der Waals surface area contributed by atoms with Crippen molar-refractivity contribution in [3.63, 3.8) is 0 Å². The van der Waals surface area contributed by atoms with Gasteiger partial charge in [0.2, 0.25) is 5.91 Å². The Morgan fingerprint density at radius 2 is 1.91 bits per heavy atom. The lowest BCUT2D eigenvalue weighted by Crippen LogP contribution is -2.41. The molecule has 0 spiro atoms. The van der Waals surface area contributed by atoms with E-state index in [0.717, 1.165) is 17.7 Å². The van der Waals surface area contributed by atoms with E-state index in [1.165, 1.54) is 5.56 Å². The standard InChI is InChI=1S/C19H22N2O2/c22-16(10-14-6-2-1-3-7-14)12-21-19(23)18-13-20-11-15-8-4-5-9-17(15)18/h1-9,16,18,20,22H,10-13H2,(H,21,23)/t16-,18?/m1/s1. The monoisotopic (exact) mass is 310 g/mol. The molecule has 3 N–H and O–H groups in total. The minimum Gasteiger partial charge on any atom is -0.391 e. The van der Waals surface area contributed by atoms with Gasteiger partial charge < -0.3 is 15.7 Å². The summed E-state index contributed by atoms with van der Waals surface area (Å²) >= 11 is 0. The van der Waals surface area contributed by atoms with Gasteiger partial charge in [0.1, 0.15) is 0 Å². The Bertz CT molecular complexity index is 657. The molecule has 120 valence electrons. The SMILES string of the molecule is O=C(NC[C@H](O)Cc1ccccc1)C1CNCc2ccccc21. The molecule has 0 radical (unpaired) electrons. The third-order valence-electron chi connectivity index (χ3n) is 4.24. The molecule has 2 atom stereocenters. The molecule has 23 heavy (non-hydrogen) atoms. The number of carbonyl (C=O) groups is 1. The number of benzene rings is 2. The van der Waals surface area contributed by atoms with E-state index >= 15 is 0 Å². The van der Waals surface area contributed by atoms with Gasteiger partial charge >= 0.3 is 0 Å². The molecule has 1 amide bonds. The Labute approximate surface area is 136 Å². The van der Waals surface area contributed by atoms with Crippen molar-refractivity contribution in [1.82, 2.24) is 10.6 Å². The summed E-state index contributed by atoms with van der Waals surface area (Å²) in [6.07, 6.45) is -0.0335. The van der Waals surface area contributed by atoms with E-state index in [9.17, 15) is 9.90 Å². The van der Waals surface area contributed by atoms with Crippen LogP contribution in [0.4, 0.5) is 0 Å². The largest absolute Gasteiger partial charge is 0.391 e. The zero-order valence-corrected chi connectivity index (χ0v) is 13.0. The summed E-state index contributed by atoms with van der Waals surface area (Å²) in [7, 11) is 0. The second kappa shape index (κ2) is 7.40. The predicted molar refractivity (Wildman–Crippen MR) is 90.1 cm³/mol. The van der Waals surface area contributed by atoms with Crippen LogP contribution < -0.4 is 10.6 Å². The minimum atomic E-state index is -0.576. The van der Waals surface area contributed by atoms with Crippen molar-refractivity contribution < 1.29 is 9.90 Å². The van der Waals surface area contributed by atoms with Crippen LogP contribution in [0.1, 0.15) is 22.6 Å². The van der Waals surface area contributed by atoms with Crippen LogP contribution in [0.5, 0.6) is 0 Å². The molecule has 0 aromatic heterocycles. The van der Waals surface area contributed by atoms with Gasteiger partial charge in [-0.15, -0.1) is 0 Å². The number of rotatable bonds is 5. The molecule has 0 saturated carbocycles. The Balaban J connectivity index is 1.56. The molecule has 4 nitrogen and oxygen atoms in total. The molecule has 0 bridgehead atoms. The summed E-state index contributed by atoms with van der Waals surface area (Å²) in [6, 6.07) is 17.8. The van der Waals surface area contributed by atoms with Crippen molar-refractivity contribution in [2.24, 2.45) is 0 Å². The number of amides is 1. The maximum atomic E-state index is 12.5. The second-order valence-electron chi connectivity index (χ2n) is 5.97. The van der Waals surface area contributed by atoms with E-state index in [-0.39, 0.29) is 18.4 Å². The van der Waals surface area contributed by atoms with Crippen LogP contribution in [0.2, 0.25) is 0 Å². The van der Waals surface area contributed by atoms with Crippen LogP contribution in [0.3, 0.4) is 0 Å². The molecule has 3 rings (SSSR count). The Kier molecular flexibility index (Phi) is 5.05. The predicted octanol–water partition coefficient (Wildman–Crippen LogP) is 1.59. The molecule has 1 aliphatic rings. The lowest BCUT2D eigenvalue weighted by Gasteiger charge is -2.26. The van der Waals surface area contributed by atoms with Gasteiger partial charge in [0, 0.05) is 26.1 Å². The van der Waals surface area contributed by atoms with E-state index in [2.05, 4.69) is 10.6 Å². The normalized spacial score (nSPS) is 18.0. The third-order valence-corrected chi connectivity index (χ3v) is 4.24. The van der Waals surface area contributed by atoms with Gasteiger partial charge in [-0.3, -0.25) is 4.79 Å². The highest BCUT2D eigenvalue weighted by atomic mass is 16.3. The summed E-state index contributed by atoms with van der Waals surface area (Å²) in [5, 5.41) is 16.3. The fourth-order valence-corrected chi connectivity index (χ4v) is 3.03. The first kappa shape index (κ1) is 15.7. The first-order chi connectivity index (χ1) is 11.2. The fraction of sp³-hybridized carbons (Fsp3) is 0.316. The van der Waals surface area contributed by atoms with Crippen molar-refractivity contribution >= 4 is 5.91 Å². The average Bonchev–Trinajstić information content (AvgIpc) is 2.60. The van der Waals surface area contributed by atoms with Crippen LogP contribution in [-0.2, 0) is 17.8 Å². The fourth-order valence-electron chi connectivity index (χ4n) is 3.03. The quantitative estimate of drug-likeness (QED) is 0.786. The molecule has 2 aromatic rings. The van der Waals surface area contributed by atoms with Gasteiger partial charge in [-0.2, -0.15) is 0 Å². The van der Waals surface area contributed by atoms with Crippen molar-refractivity contribution in [1.29, 1.82) is 0 Å². The van der Waals surface area contributed by atoms with Gasteiger partial charge in [0.15, 0.2) is 0 Å². The van der Waals surface area contributed by atoms with Crippen LogP contribution in [-0.4, -0.2) is 30.2 Å². The molecule has 0 aliphatic carbocycles. The molecule has 1 unspecified atom stereocenters. The molecular weight excluding hydrogens is 288 g/mol. The summed E-state index contributed by atoms with van der Waals surface area (Å²) in [5.74, 6) is -0.222. The molecule has 0 saturated heterocycles. The highest BCUT2D eigenvalue weighted by Gasteiger charge is 2.26. The average molecular weight is 310 g/mol. The van der Waals surface area contributed by atoms with Crippen molar-refractivity contribution in [2.45, 2.75) is 25.0 Å². The molecule has 0 fully saturated rings. The zero-order valence-electron chi connectivity index (χ0n) is 13.0. The van der Waals surface area contributed by atoms with E-state index in [1.54, 1.807) is 0 Å². The molecule has 4 heteroatoms. The topological polar surface area (TPSA) is 61.4 Å². The van der Waals surface area contributed by atoms with Gasteiger partial charge in [0.05, 0.1) is 12.0 Å². The molecule has 1 aliphatic heterocycles. The smallest absolute Gasteiger partial charge is 0.228 e. The van der Waals surface area contributed by atoms with E-state index in [4.69, 9.17) is 0 Å². The van der Waals surface area contributed by atoms with Crippen molar-refractivity contribution in [3.05, 3.63) is 71.3 Å². The van der Waals surface area contributed by atoms with Crippen LogP contribution >= 0.6 is 0 Å². The Morgan fingerprint density at radius 1 is 1.17 bits per heavy atom. The third kappa shape index (κ3) is 3.97. The number of fused-ring (bicyclic) bond motifs is 1. The van der Waals surface area contributed by atoms with Gasteiger partial charge in [-0.05, 0) is 16.7 Å². The second-order valence-corrected chi connectivity index (χ2v) is 5.97. The van der Waals surface area contributed by atoms with Crippen LogP contribution in [0.25, 0.3) is 0 Å². The van der Waals surface area contributed by atoms with E-state index < -0.39 is 6.10 Å². The zero-order chi connectivity index (χ0) is 16.1. The first-order valence-electron chi connectivity index (χ1n) is 8.02. The number of aliphatic hydroxyl groups excluding tert-OH is 1. The Hall–Kier alpha value is -2.17. The first-order valence-corrected chi connectivity index (χ1v) is 8.02. The lowest BCUT2D eigenvalue weighted by atomic mass is 9.90. The van der Waals surface area contributed by atoms with E-state index in [1.807, 2.05) is 54.6 Å². The number of hydrogen-bond acceptors (Lipinski definition) is 3. The highest BCUT2D eigenvalue weighted by Crippen LogP contribution is 2.23. The van der Waals surface area contributed by atoms with Crippen LogP contribution in [0, 0.1) is 0 Å². The van der Waals surface area contributed by atoms with Gasteiger partial charge in [-0.25, -0.2) is 0 Å². The lowest BCUT2D eigenvalue weighted by molar-refractivity contribution is -0.123. The van der Waals surface area contributed by atoms with Crippen molar-refractivity contribution in [3.8, 4) is 0 Å². The summed E-state index contributed by atoms with van der Waals surface area (Å²) in [5.41, 5.74) is 3.32. The molecule has 2 aromatic carbocycles. The number of nitrogens with one attached hydrogen (secondary N) is 2. The summed E-state index contributed by atoms with van der Waals surface area (Å²) in [6.45, 7) is 1.71. The minimum absolute atomic E-state index is 0.0308. The molecular formula is C19H22N2O2. The van der Waals surface area contributed by atoms with E-state index in [0.29, 0.717) is 13.0 Å². The van der Waals surface area contributed by atoms with Gasteiger partial charge in [0.25, 0.3) is 0 Å². The van der Waals surface area contributed by atoms with Crippen LogP contribution in [0.15, 0.2) is 54.6 Å². The maximum absolute atomic E-state index is 12.5. The number of carbonyl (C=O) groups excluding carboxylic acids is 1. The highest BCUT2D eigenvalue weighted by molar-refractivity contribution is 5.84. The summed E-state index contributed by atoms with van der Waals surface area (Å²) < 4.78 is 0. The Morgan fingerprint density at radius 3 is 2.74 bits per heavy atom. The molecule has 1 heterocycles.